The Morgan fingerprint density at radius 1 is 1.50 bits per heavy atom. The highest BCUT2D eigenvalue weighted by molar-refractivity contribution is 7.99. The standard InChI is InChI=1S/C11H14N4S/c1-8-6-11(15(2)14-8)16-10-4-3-5-13-9(10)7-12/h3-6H,7,12H2,1-2H3. The minimum atomic E-state index is 0.458. The SMILES string of the molecule is Cc1cc(Sc2cccnc2CN)n(C)n1. The molecule has 0 bridgehead atoms. The highest BCUT2D eigenvalue weighted by Gasteiger charge is 2.07. The van der Waals surface area contributed by atoms with Crippen LogP contribution >= 0.6 is 11.8 Å². The molecule has 0 atom stereocenters. The number of pyridine rings is 1. The Bertz CT molecular complexity index is 492. The lowest BCUT2D eigenvalue weighted by atomic mass is 10.3. The van der Waals surface area contributed by atoms with Gasteiger partial charge in [0.15, 0.2) is 0 Å². The predicted octanol–water partition coefficient (Wildman–Crippen LogP) is 1.73. The molecule has 0 fully saturated rings. The topological polar surface area (TPSA) is 56.7 Å². The van der Waals surface area contributed by atoms with Gasteiger partial charge in [-0.1, -0.05) is 11.8 Å². The molecule has 2 heterocycles. The Morgan fingerprint density at radius 2 is 2.31 bits per heavy atom. The zero-order chi connectivity index (χ0) is 11.5. The lowest BCUT2D eigenvalue weighted by Crippen LogP contribution is -2.01. The van der Waals surface area contributed by atoms with Gasteiger partial charge in [0.2, 0.25) is 0 Å². The van der Waals surface area contributed by atoms with Crippen LogP contribution in [0.5, 0.6) is 0 Å². The first-order valence-corrected chi connectivity index (χ1v) is 5.85. The van der Waals surface area contributed by atoms with Crippen LogP contribution < -0.4 is 5.73 Å². The summed E-state index contributed by atoms with van der Waals surface area (Å²) < 4.78 is 1.87. The van der Waals surface area contributed by atoms with Crippen molar-refractivity contribution >= 4 is 11.8 Å². The van der Waals surface area contributed by atoms with Crippen molar-refractivity contribution in [1.29, 1.82) is 0 Å². The number of nitrogens with zero attached hydrogens (tertiary/aromatic N) is 3. The molecule has 2 rings (SSSR count). The van der Waals surface area contributed by atoms with Crippen molar-refractivity contribution in [2.45, 2.75) is 23.4 Å². The van der Waals surface area contributed by atoms with Crippen LogP contribution in [0.25, 0.3) is 0 Å². The van der Waals surface area contributed by atoms with Crippen LogP contribution in [-0.4, -0.2) is 14.8 Å². The second kappa shape index (κ2) is 4.67. The predicted molar refractivity (Wildman–Crippen MR) is 64.2 cm³/mol. The van der Waals surface area contributed by atoms with Crippen LogP contribution in [0.1, 0.15) is 11.4 Å². The molecule has 0 aliphatic carbocycles. The number of aromatic nitrogens is 3. The molecule has 2 aromatic heterocycles. The Balaban J connectivity index is 2.30. The molecule has 0 aromatic carbocycles. The summed E-state index contributed by atoms with van der Waals surface area (Å²) >= 11 is 1.64. The number of hydrogen-bond donors (Lipinski definition) is 1. The molecular weight excluding hydrogens is 220 g/mol. The van der Waals surface area contributed by atoms with Gasteiger partial charge in [0.25, 0.3) is 0 Å². The molecule has 2 aromatic rings. The third-order valence-corrected chi connectivity index (χ3v) is 3.40. The van der Waals surface area contributed by atoms with E-state index in [1.165, 1.54) is 0 Å². The molecule has 84 valence electrons. The molecule has 0 spiro atoms. The first-order chi connectivity index (χ1) is 7.70. The molecule has 0 saturated carbocycles. The maximum absolute atomic E-state index is 5.65. The number of nitrogens with two attached hydrogens (primary N) is 1. The summed E-state index contributed by atoms with van der Waals surface area (Å²) in [6.07, 6.45) is 1.76. The van der Waals surface area contributed by atoms with Crippen molar-refractivity contribution in [1.82, 2.24) is 14.8 Å². The first-order valence-electron chi connectivity index (χ1n) is 5.03. The van der Waals surface area contributed by atoms with Crippen molar-refractivity contribution in [3.63, 3.8) is 0 Å². The number of hydrogen-bond acceptors (Lipinski definition) is 4. The van der Waals surface area contributed by atoms with Crippen LogP contribution in [0.3, 0.4) is 0 Å². The molecule has 0 unspecified atom stereocenters. The summed E-state index contributed by atoms with van der Waals surface area (Å²) in [4.78, 5) is 5.35. The van der Waals surface area contributed by atoms with E-state index < -0.39 is 0 Å². The summed E-state index contributed by atoms with van der Waals surface area (Å²) in [5, 5.41) is 5.40. The third kappa shape index (κ3) is 2.25. The van der Waals surface area contributed by atoms with Crippen LogP contribution in [0.4, 0.5) is 0 Å². The number of aryl methyl sites for hydroxylation is 2. The normalized spacial score (nSPS) is 10.7. The van der Waals surface area contributed by atoms with Crippen LogP contribution in [-0.2, 0) is 13.6 Å². The summed E-state index contributed by atoms with van der Waals surface area (Å²) in [5.74, 6) is 0. The fraction of sp³-hybridized carbons (Fsp3) is 0.273. The fourth-order valence-corrected chi connectivity index (χ4v) is 2.49. The highest BCUT2D eigenvalue weighted by Crippen LogP contribution is 2.29. The molecule has 0 radical (unpaired) electrons. The van der Waals surface area contributed by atoms with Gasteiger partial charge in [-0.25, -0.2) is 0 Å². The van der Waals surface area contributed by atoms with Crippen molar-refractivity contribution in [2.24, 2.45) is 12.8 Å². The smallest absolute Gasteiger partial charge is 0.0987 e. The molecule has 0 saturated heterocycles. The minimum Gasteiger partial charge on any atom is -0.325 e. The van der Waals surface area contributed by atoms with Gasteiger partial charge in [-0.05, 0) is 25.1 Å². The maximum Gasteiger partial charge on any atom is 0.0987 e. The summed E-state index contributed by atoms with van der Waals surface area (Å²) in [6.45, 7) is 2.44. The molecule has 5 heteroatoms. The van der Waals surface area contributed by atoms with Crippen molar-refractivity contribution in [3.05, 3.63) is 35.8 Å². The highest BCUT2D eigenvalue weighted by atomic mass is 32.2. The zero-order valence-electron chi connectivity index (χ0n) is 9.34. The van der Waals surface area contributed by atoms with Crippen LogP contribution in [0.15, 0.2) is 34.3 Å². The quantitative estimate of drug-likeness (QED) is 0.878. The van der Waals surface area contributed by atoms with Gasteiger partial charge in [0.1, 0.15) is 0 Å². The number of rotatable bonds is 3. The van der Waals surface area contributed by atoms with Crippen LogP contribution in [0.2, 0.25) is 0 Å². The Hall–Kier alpha value is -1.33. The van der Waals surface area contributed by atoms with Gasteiger partial charge >= 0.3 is 0 Å². The van der Waals surface area contributed by atoms with Gasteiger partial charge in [-0.3, -0.25) is 9.67 Å². The molecule has 2 N–H and O–H groups in total. The van der Waals surface area contributed by atoms with Crippen molar-refractivity contribution < 1.29 is 0 Å². The van der Waals surface area contributed by atoms with E-state index in [9.17, 15) is 0 Å². The Labute approximate surface area is 98.9 Å². The first kappa shape index (κ1) is 11.2. The minimum absolute atomic E-state index is 0.458. The Morgan fingerprint density at radius 3 is 2.94 bits per heavy atom. The third-order valence-electron chi connectivity index (χ3n) is 2.22. The van der Waals surface area contributed by atoms with E-state index in [4.69, 9.17) is 5.73 Å². The van der Waals surface area contributed by atoms with E-state index in [1.807, 2.05) is 30.8 Å². The van der Waals surface area contributed by atoms with E-state index in [0.717, 1.165) is 21.3 Å². The van der Waals surface area contributed by atoms with Gasteiger partial charge < -0.3 is 5.73 Å². The van der Waals surface area contributed by atoms with Gasteiger partial charge in [0.05, 0.1) is 16.4 Å². The van der Waals surface area contributed by atoms with Gasteiger partial charge in [-0.15, -0.1) is 0 Å². The molecule has 0 amide bonds. The van der Waals surface area contributed by atoms with Crippen molar-refractivity contribution in [2.75, 3.05) is 0 Å². The summed E-state index contributed by atoms with van der Waals surface area (Å²) in [7, 11) is 1.94. The maximum atomic E-state index is 5.65. The van der Waals surface area contributed by atoms with Gasteiger partial charge in [0, 0.05) is 24.7 Å². The van der Waals surface area contributed by atoms with Crippen molar-refractivity contribution in [3.8, 4) is 0 Å². The van der Waals surface area contributed by atoms with E-state index in [-0.39, 0.29) is 0 Å². The second-order valence-corrected chi connectivity index (χ2v) is 4.56. The fourth-order valence-electron chi connectivity index (χ4n) is 1.46. The lowest BCUT2D eigenvalue weighted by molar-refractivity contribution is 0.692. The van der Waals surface area contributed by atoms with E-state index >= 15 is 0 Å². The molecular formula is C11H14N4S. The molecule has 16 heavy (non-hydrogen) atoms. The average molecular weight is 234 g/mol. The summed E-state index contributed by atoms with van der Waals surface area (Å²) in [5.41, 5.74) is 7.59. The Kier molecular flexibility index (Phi) is 3.26. The van der Waals surface area contributed by atoms with E-state index in [1.54, 1.807) is 18.0 Å². The molecule has 4 nitrogen and oxygen atoms in total. The second-order valence-electron chi connectivity index (χ2n) is 3.50. The van der Waals surface area contributed by atoms with Crippen LogP contribution in [0, 0.1) is 6.92 Å². The average Bonchev–Trinajstić information content (AvgIpc) is 2.58. The molecule has 0 aliphatic rings. The van der Waals surface area contributed by atoms with E-state index in [0.29, 0.717) is 6.54 Å². The zero-order valence-corrected chi connectivity index (χ0v) is 10.2. The van der Waals surface area contributed by atoms with E-state index in [2.05, 4.69) is 16.1 Å². The summed E-state index contributed by atoms with van der Waals surface area (Å²) in [6, 6.07) is 6.00. The monoisotopic (exact) mass is 234 g/mol. The lowest BCUT2D eigenvalue weighted by Gasteiger charge is -2.05. The van der Waals surface area contributed by atoms with Gasteiger partial charge in [-0.2, -0.15) is 5.10 Å². The largest absolute Gasteiger partial charge is 0.325 e. The molecule has 0 aliphatic heterocycles.